The third-order valence-electron chi connectivity index (χ3n) is 0.619. The highest BCUT2D eigenvalue weighted by Gasteiger charge is 1.96. The lowest BCUT2D eigenvalue weighted by molar-refractivity contribution is -0.141. The maximum absolute atomic E-state index is 10.4. The molecule has 4 heteroatoms. The normalized spacial score (nSPS) is 8.00. The van der Waals surface area contributed by atoms with Crippen molar-refractivity contribution in [3.8, 4) is 6.07 Å². The molecule has 1 N–H and O–H groups in total. The zero-order chi connectivity index (χ0) is 7.11. The molecule has 0 heterocycles. The van der Waals surface area contributed by atoms with E-state index >= 15 is 0 Å². The number of nitrogens with one attached hydrogen (secondary N) is 1. The highest BCUT2D eigenvalue weighted by Crippen LogP contribution is 1.72. The van der Waals surface area contributed by atoms with Crippen molar-refractivity contribution in [1.29, 1.82) is 5.26 Å². The van der Waals surface area contributed by atoms with E-state index in [2.05, 4.69) is 10.1 Å². The van der Waals surface area contributed by atoms with Gasteiger partial charge in [-0.05, 0) is 7.05 Å². The molecular formula is C5H8N2O2. The first-order chi connectivity index (χ1) is 4.31. The first kappa shape index (κ1) is 7.92. The van der Waals surface area contributed by atoms with Gasteiger partial charge in [-0.1, -0.05) is 0 Å². The van der Waals surface area contributed by atoms with Crippen molar-refractivity contribution in [3.63, 3.8) is 0 Å². The van der Waals surface area contributed by atoms with Crippen LogP contribution < -0.4 is 5.32 Å². The molecule has 0 aromatic heterocycles. The van der Waals surface area contributed by atoms with Gasteiger partial charge in [-0.15, -0.1) is 0 Å². The molecule has 0 bridgehead atoms. The molecule has 0 aliphatic heterocycles. The van der Waals surface area contributed by atoms with Gasteiger partial charge in [0.15, 0.2) is 6.61 Å². The standard InChI is InChI=1S/C5H8N2O2/c1-7-4-5(8)9-3-2-6/h7H,3-4H2,1H3. The van der Waals surface area contributed by atoms with Crippen LogP contribution in [-0.2, 0) is 9.53 Å². The number of hydrogen-bond donors (Lipinski definition) is 1. The monoisotopic (exact) mass is 128 g/mol. The molecule has 0 saturated heterocycles. The van der Waals surface area contributed by atoms with Crippen molar-refractivity contribution in [1.82, 2.24) is 5.32 Å². The van der Waals surface area contributed by atoms with Crippen LogP contribution in [0.4, 0.5) is 0 Å². The average molecular weight is 128 g/mol. The number of likely N-dealkylation sites (N-methyl/N-ethyl adjacent to an activating group) is 1. The SMILES string of the molecule is CNCC(=O)OCC#N. The Bertz CT molecular complexity index is 127. The van der Waals surface area contributed by atoms with Gasteiger partial charge in [-0.3, -0.25) is 4.79 Å². The van der Waals surface area contributed by atoms with Crippen LogP contribution >= 0.6 is 0 Å². The molecule has 0 aliphatic rings. The summed E-state index contributed by atoms with van der Waals surface area (Å²) in [4.78, 5) is 10.4. The van der Waals surface area contributed by atoms with Gasteiger partial charge in [-0.25, -0.2) is 0 Å². The molecule has 50 valence electrons. The second-order valence-electron chi connectivity index (χ2n) is 1.35. The summed E-state index contributed by atoms with van der Waals surface area (Å²) < 4.78 is 4.37. The Morgan fingerprint density at radius 3 is 3.00 bits per heavy atom. The molecule has 0 aliphatic carbocycles. The van der Waals surface area contributed by atoms with Crippen LogP contribution in [0.5, 0.6) is 0 Å². The highest BCUT2D eigenvalue weighted by molar-refractivity contribution is 5.71. The lowest BCUT2D eigenvalue weighted by Gasteiger charge is -1.96. The number of rotatable bonds is 3. The van der Waals surface area contributed by atoms with Gasteiger partial charge in [0.1, 0.15) is 6.07 Å². The van der Waals surface area contributed by atoms with Crippen molar-refractivity contribution in [2.24, 2.45) is 0 Å². The minimum atomic E-state index is -0.404. The summed E-state index contributed by atoms with van der Waals surface area (Å²) in [5.41, 5.74) is 0. The Labute approximate surface area is 53.4 Å². The summed E-state index contributed by atoms with van der Waals surface area (Å²) in [6.45, 7) is -0.0117. The van der Waals surface area contributed by atoms with Crippen LogP contribution in [0.2, 0.25) is 0 Å². The number of nitriles is 1. The minimum absolute atomic E-state index is 0.154. The van der Waals surface area contributed by atoms with E-state index in [1.807, 2.05) is 0 Å². The molecule has 9 heavy (non-hydrogen) atoms. The lowest BCUT2D eigenvalue weighted by atomic mass is 10.6. The molecule has 0 unspecified atom stereocenters. The van der Waals surface area contributed by atoms with Gasteiger partial charge in [0, 0.05) is 0 Å². The van der Waals surface area contributed by atoms with Crippen LogP contribution in [-0.4, -0.2) is 26.2 Å². The first-order valence-corrected chi connectivity index (χ1v) is 2.48. The Balaban J connectivity index is 3.19. The minimum Gasteiger partial charge on any atom is -0.449 e. The highest BCUT2D eigenvalue weighted by atomic mass is 16.5. The van der Waals surface area contributed by atoms with Crippen LogP contribution in [0, 0.1) is 11.3 Å². The maximum Gasteiger partial charge on any atom is 0.320 e. The van der Waals surface area contributed by atoms with Crippen molar-refractivity contribution >= 4 is 5.97 Å². The van der Waals surface area contributed by atoms with E-state index in [-0.39, 0.29) is 13.2 Å². The molecule has 0 fully saturated rings. The molecule has 4 nitrogen and oxygen atoms in total. The summed E-state index contributed by atoms with van der Waals surface area (Å²) in [6, 6.07) is 1.69. The fourth-order valence-electron chi connectivity index (χ4n) is 0.308. The van der Waals surface area contributed by atoms with E-state index in [0.29, 0.717) is 0 Å². The predicted molar refractivity (Wildman–Crippen MR) is 30.5 cm³/mol. The second kappa shape index (κ2) is 5.06. The molecule has 0 radical (unpaired) electrons. The summed E-state index contributed by atoms with van der Waals surface area (Å²) in [5, 5.41) is 10.5. The first-order valence-electron chi connectivity index (χ1n) is 2.48. The molecule has 0 atom stereocenters. The number of esters is 1. The maximum atomic E-state index is 10.4. The molecule has 0 amide bonds. The van der Waals surface area contributed by atoms with E-state index in [1.54, 1.807) is 13.1 Å². The van der Waals surface area contributed by atoms with Gasteiger partial charge in [0.25, 0.3) is 0 Å². The Kier molecular flexibility index (Phi) is 4.46. The third kappa shape index (κ3) is 4.78. The number of nitrogens with zero attached hydrogens (tertiary/aromatic N) is 1. The van der Waals surface area contributed by atoms with Gasteiger partial charge in [0.2, 0.25) is 0 Å². The van der Waals surface area contributed by atoms with Crippen molar-refractivity contribution < 1.29 is 9.53 Å². The van der Waals surface area contributed by atoms with Crippen molar-refractivity contribution in [2.75, 3.05) is 20.2 Å². The Hall–Kier alpha value is -1.08. The fraction of sp³-hybridized carbons (Fsp3) is 0.600. The molecule has 0 spiro atoms. The van der Waals surface area contributed by atoms with Crippen molar-refractivity contribution in [3.05, 3.63) is 0 Å². The van der Waals surface area contributed by atoms with Gasteiger partial charge in [-0.2, -0.15) is 5.26 Å². The van der Waals surface area contributed by atoms with Crippen LogP contribution in [0.3, 0.4) is 0 Å². The lowest BCUT2D eigenvalue weighted by Crippen LogP contribution is -2.20. The third-order valence-corrected chi connectivity index (χ3v) is 0.619. The largest absolute Gasteiger partial charge is 0.449 e. The number of hydrogen-bond acceptors (Lipinski definition) is 4. The summed E-state index contributed by atoms with van der Waals surface area (Å²) in [6.07, 6.45) is 0. The predicted octanol–water partition coefficient (Wildman–Crippen LogP) is -0.727. The molecule has 0 rings (SSSR count). The second-order valence-corrected chi connectivity index (χ2v) is 1.35. The van der Waals surface area contributed by atoms with E-state index in [1.165, 1.54) is 0 Å². The molecule has 0 aromatic rings. The van der Waals surface area contributed by atoms with E-state index in [9.17, 15) is 4.79 Å². The van der Waals surface area contributed by atoms with E-state index in [0.717, 1.165) is 0 Å². The number of carbonyl (C=O) groups excluding carboxylic acids is 1. The summed E-state index contributed by atoms with van der Waals surface area (Å²) in [7, 11) is 1.63. The average Bonchev–Trinajstić information content (AvgIpc) is 1.85. The Morgan fingerprint density at radius 1 is 1.89 bits per heavy atom. The molecular weight excluding hydrogens is 120 g/mol. The van der Waals surface area contributed by atoms with E-state index in [4.69, 9.17) is 5.26 Å². The van der Waals surface area contributed by atoms with Gasteiger partial charge >= 0.3 is 5.97 Å². The zero-order valence-electron chi connectivity index (χ0n) is 5.18. The Morgan fingerprint density at radius 2 is 2.56 bits per heavy atom. The van der Waals surface area contributed by atoms with Crippen LogP contribution in [0.1, 0.15) is 0 Å². The van der Waals surface area contributed by atoms with Crippen molar-refractivity contribution in [2.45, 2.75) is 0 Å². The summed E-state index contributed by atoms with van der Waals surface area (Å²) in [5.74, 6) is -0.404. The molecule has 0 aromatic carbocycles. The number of carbonyl (C=O) groups is 1. The van der Waals surface area contributed by atoms with Crippen LogP contribution in [0.25, 0.3) is 0 Å². The van der Waals surface area contributed by atoms with E-state index < -0.39 is 5.97 Å². The topological polar surface area (TPSA) is 62.1 Å². The van der Waals surface area contributed by atoms with Gasteiger partial charge in [0.05, 0.1) is 6.54 Å². The molecule has 0 saturated carbocycles. The fourth-order valence-corrected chi connectivity index (χ4v) is 0.308. The van der Waals surface area contributed by atoms with Gasteiger partial charge < -0.3 is 10.1 Å². The quantitative estimate of drug-likeness (QED) is 0.509. The number of ether oxygens (including phenoxy) is 1. The zero-order valence-corrected chi connectivity index (χ0v) is 5.18. The smallest absolute Gasteiger partial charge is 0.320 e. The van der Waals surface area contributed by atoms with Crippen LogP contribution in [0.15, 0.2) is 0 Å². The summed E-state index contributed by atoms with van der Waals surface area (Å²) >= 11 is 0.